The van der Waals surface area contributed by atoms with Gasteiger partial charge < -0.3 is 14.6 Å². The minimum Gasteiger partial charge on any atom is -0.507 e. The molecule has 1 aromatic heterocycles. The van der Waals surface area contributed by atoms with E-state index in [4.69, 9.17) is 4.42 Å². The lowest BCUT2D eigenvalue weighted by molar-refractivity contribution is -0.140. The van der Waals surface area contributed by atoms with Crippen LogP contribution in [0.1, 0.15) is 31.4 Å². The van der Waals surface area contributed by atoms with E-state index in [1.54, 1.807) is 13.0 Å². The highest BCUT2D eigenvalue weighted by atomic mass is 16.4. The Morgan fingerprint density at radius 1 is 1.39 bits per heavy atom. The number of benzene rings is 1. The monoisotopic (exact) mass is 319 g/mol. The number of aromatic hydroxyl groups is 1. The average molecular weight is 319 g/mol. The van der Waals surface area contributed by atoms with Gasteiger partial charge in [0.15, 0.2) is 0 Å². The first kappa shape index (κ1) is 17.0. The van der Waals surface area contributed by atoms with Gasteiger partial charge in [-0.1, -0.05) is 20.3 Å². The number of phenols is 1. The molecule has 2 atom stereocenters. The molecular weight excluding hydrogens is 298 g/mol. The van der Waals surface area contributed by atoms with E-state index >= 15 is 0 Å². The lowest BCUT2D eigenvalue weighted by Gasteiger charge is -2.20. The smallest absolute Gasteiger partial charge is 0.336 e. The van der Waals surface area contributed by atoms with Crippen LogP contribution >= 0.6 is 0 Å². The zero-order chi connectivity index (χ0) is 17.1. The van der Waals surface area contributed by atoms with E-state index < -0.39 is 17.6 Å². The Hall–Kier alpha value is -2.34. The van der Waals surface area contributed by atoms with Crippen molar-refractivity contribution in [2.75, 3.05) is 0 Å². The van der Waals surface area contributed by atoms with Crippen molar-refractivity contribution in [2.45, 2.75) is 39.8 Å². The number of carboxylic acid groups (broad SMARTS) is 1. The molecule has 6 heteroatoms. The summed E-state index contributed by atoms with van der Waals surface area (Å²) in [4.78, 5) is 23.0. The Morgan fingerprint density at radius 2 is 2.09 bits per heavy atom. The van der Waals surface area contributed by atoms with E-state index in [-0.39, 0.29) is 23.8 Å². The Labute approximate surface area is 133 Å². The summed E-state index contributed by atoms with van der Waals surface area (Å²) >= 11 is 0. The van der Waals surface area contributed by atoms with E-state index in [0.29, 0.717) is 12.0 Å². The highest BCUT2D eigenvalue weighted by molar-refractivity contribution is 5.85. The fourth-order valence-electron chi connectivity index (χ4n) is 2.58. The number of carboxylic acids is 1. The van der Waals surface area contributed by atoms with Crippen LogP contribution in [0.15, 0.2) is 27.4 Å². The summed E-state index contributed by atoms with van der Waals surface area (Å²) in [5.74, 6) is -1.05. The van der Waals surface area contributed by atoms with Crippen LogP contribution in [0.5, 0.6) is 5.75 Å². The number of fused-ring (bicyclic) bond motifs is 1. The maximum Gasteiger partial charge on any atom is 0.336 e. The molecule has 0 aliphatic rings. The number of aliphatic carboxylic acids is 1. The van der Waals surface area contributed by atoms with Gasteiger partial charge in [-0.15, -0.1) is 0 Å². The van der Waals surface area contributed by atoms with Gasteiger partial charge in [0.05, 0.1) is 5.56 Å². The normalized spacial score (nSPS) is 13.9. The summed E-state index contributed by atoms with van der Waals surface area (Å²) in [5.41, 5.74) is 0.918. The van der Waals surface area contributed by atoms with Gasteiger partial charge in [0, 0.05) is 18.0 Å². The first-order valence-electron chi connectivity index (χ1n) is 7.56. The van der Waals surface area contributed by atoms with E-state index in [0.717, 1.165) is 10.9 Å². The molecule has 3 N–H and O–H groups in total. The van der Waals surface area contributed by atoms with Gasteiger partial charge in [-0.3, -0.25) is 10.1 Å². The van der Waals surface area contributed by atoms with Crippen LogP contribution in [0.2, 0.25) is 0 Å². The summed E-state index contributed by atoms with van der Waals surface area (Å²) in [5, 5.41) is 23.1. The summed E-state index contributed by atoms with van der Waals surface area (Å²) < 4.78 is 5.23. The number of hydrogen-bond acceptors (Lipinski definition) is 5. The van der Waals surface area contributed by atoms with E-state index in [9.17, 15) is 19.8 Å². The van der Waals surface area contributed by atoms with Gasteiger partial charge in [0.25, 0.3) is 0 Å². The number of phenolic OH excluding ortho intramolecular Hbond substituents is 1. The highest BCUT2D eigenvalue weighted by Crippen LogP contribution is 2.28. The zero-order valence-electron chi connectivity index (χ0n) is 13.4. The van der Waals surface area contributed by atoms with Crippen molar-refractivity contribution in [3.8, 4) is 5.75 Å². The SMILES string of the molecule is CC[C@@H](C)[C@@H](NCc1c(O)ccc2c(C)cc(=O)oc12)C(=O)O. The zero-order valence-corrected chi connectivity index (χ0v) is 13.4. The summed E-state index contributed by atoms with van der Waals surface area (Å²) in [6.07, 6.45) is 0.708. The number of rotatable bonds is 6. The summed E-state index contributed by atoms with van der Waals surface area (Å²) in [6, 6.07) is 3.84. The van der Waals surface area contributed by atoms with Crippen molar-refractivity contribution in [1.82, 2.24) is 5.32 Å². The van der Waals surface area contributed by atoms with Crippen molar-refractivity contribution in [3.63, 3.8) is 0 Å². The molecule has 0 spiro atoms. The Morgan fingerprint density at radius 3 is 2.70 bits per heavy atom. The van der Waals surface area contributed by atoms with Gasteiger partial charge in [0.2, 0.25) is 0 Å². The Balaban J connectivity index is 2.41. The lowest BCUT2D eigenvalue weighted by atomic mass is 9.98. The van der Waals surface area contributed by atoms with Crippen LogP contribution in [0.4, 0.5) is 0 Å². The van der Waals surface area contributed by atoms with Crippen LogP contribution in [-0.4, -0.2) is 22.2 Å². The topological polar surface area (TPSA) is 99.8 Å². The van der Waals surface area contributed by atoms with Crippen LogP contribution in [0, 0.1) is 12.8 Å². The molecule has 1 heterocycles. The second-order valence-corrected chi connectivity index (χ2v) is 5.77. The average Bonchev–Trinajstić information content (AvgIpc) is 2.48. The van der Waals surface area contributed by atoms with Crippen LogP contribution in [0.25, 0.3) is 11.0 Å². The van der Waals surface area contributed by atoms with Gasteiger partial charge >= 0.3 is 11.6 Å². The highest BCUT2D eigenvalue weighted by Gasteiger charge is 2.24. The minimum absolute atomic E-state index is 0.0351. The molecule has 0 amide bonds. The van der Waals surface area contributed by atoms with Crippen molar-refractivity contribution >= 4 is 16.9 Å². The number of nitrogens with one attached hydrogen (secondary N) is 1. The quantitative estimate of drug-likeness (QED) is 0.707. The van der Waals surface area contributed by atoms with Gasteiger partial charge in [-0.25, -0.2) is 4.79 Å². The van der Waals surface area contributed by atoms with E-state index in [1.165, 1.54) is 12.1 Å². The third-order valence-corrected chi connectivity index (χ3v) is 4.18. The standard InChI is InChI=1S/C17H21NO5/c1-4-9(2)15(17(21)22)18-8-12-13(19)6-5-11-10(3)7-14(20)23-16(11)12/h5-7,9,15,18-19H,4,8H2,1-3H3,(H,21,22)/t9-,15-/m1/s1. The molecule has 2 rings (SSSR count). The third kappa shape index (κ3) is 3.53. The molecule has 124 valence electrons. The largest absolute Gasteiger partial charge is 0.507 e. The number of aryl methyl sites for hydroxylation is 1. The minimum atomic E-state index is -0.947. The molecule has 0 fully saturated rings. The molecule has 0 aliphatic heterocycles. The molecule has 0 aliphatic carbocycles. The van der Waals surface area contributed by atoms with Gasteiger partial charge in [-0.05, 0) is 30.5 Å². The first-order chi connectivity index (χ1) is 10.8. The Kier molecular flexibility index (Phi) is 5.05. The van der Waals surface area contributed by atoms with E-state index in [2.05, 4.69) is 5.32 Å². The summed E-state index contributed by atoms with van der Waals surface area (Å²) in [6.45, 7) is 5.64. The van der Waals surface area contributed by atoms with Crippen molar-refractivity contribution in [1.29, 1.82) is 0 Å². The fourth-order valence-corrected chi connectivity index (χ4v) is 2.58. The van der Waals surface area contributed by atoms with Gasteiger partial charge in [-0.2, -0.15) is 0 Å². The fraction of sp³-hybridized carbons (Fsp3) is 0.412. The molecule has 0 bridgehead atoms. The maximum absolute atomic E-state index is 11.6. The van der Waals surface area contributed by atoms with Crippen LogP contribution in [0.3, 0.4) is 0 Å². The van der Waals surface area contributed by atoms with Crippen LogP contribution < -0.4 is 10.9 Å². The second kappa shape index (κ2) is 6.83. The van der Waals surface area contributed by atoms with Crippen molar-refractivity contribution in [2.24, 2.45) is 5.92 Å². The molecule has 0 saturated carbocycles. The molecule has 6 nitrogen and oxygen atoms in total. The molecular formula is C17H21NO5. The maximum atomic E-state index is 11.6. The third-order valence-electron chi connectivity index (χ3n) is 4.18. The molecule has 0 unspecified atom stereocenters. The van der Waals surface area contributed by atoms with Crippen LogP contribution in [-0.2, 0) is 11.3 Å². The predicted molar refractivity (Wildman–Crippen MR) is 86.6 cm³/mol. The first-order valence-corrected chi connectivity index (χ1v) is 7.56. The Bertz CT molecular complexity index is 780. The van der Waals surface area contributed by atoms with Gasteiger partial charge in [0.1, 0.15) is 17.4 Å². The lowest BCUT2D eigenvalue weighted by Crippen LogP contribution is -2.41. The predicted octanol–water partition coefficient (Wildman–Crippen LogP) is 2.40. The second-order valence-electron chi connectivity index (χ2n) is 5.77. The molecule has 0 saturated heterocycles. The molecule has 1 aromatic carbocycles. The van der Waals surface area contributed by atoms with Crippen molar-refractivity contribution in [3.05, 3.63) is 39.7 Å². The molecule has 2 aromatic rings. The summed E-state index contributed by atoms with van der Waals surface area (Å²) in [7, 11) is 0. The number of hydrogen-bond donors (Lipinski definition) is 3. The molecule has 23 heavy (non-hydrogen) atoms. The van der Waals surface area contributed by atoms with E-state index in [1.807, 2.05) is 13.8 Å². The van der Waals surface area contributed by atoms with Crippen molar-refractivity contribution < 1.29 is 19.4 Å². The molecule has 0 radical (unpaired) electrons. The number of carbonyl (C=O) groups is 1.